The van der Waals surface area contributed by atoms with Crippen molar-refractivity contribution >= 4 is 27.3 Å². The lowest BCUT2D eigenvalue weighted by Gasteiger charge is -2.25. The molecule has 2 heterocycles. The third-order valence-corrected chi connectivity index (χ3v) is 8.65. The van der Waals surface area contributed by atoms with Gasteiger partial charge in [-0.1, -0.05) is 32.9 Å². The highest BCUT2D eigenvalue weighted by Crippen LogP contribution is 2.26. The third-order valence-electron chi connectivity index (χ3n) is 5.20. The number of sulfonamides is 1. The molecule has 7 nitrogen and oxygen atoms in total. The summed E-state index contributed by atoms with van der Waals surface area (Å²) in [5.41, 5.74) is 1.35. The van der Waals surface area contributed by atoms with Gasteiger partial charge in [-0.05, 0) is 41.7 Å². The van der Waals surface area contributed by atoms with E-state index in [9.17, 15) is 13.2 Å². The summed E-state index contributed by atoms with van der Waals surface area (Å²) in [5.74, 6) is 0.716. The Bertz CT molecular complexity index is 988. The van der Waals surface area contributed by atoms with Crippen LogP contribution in [0.3, 0.4) is 0 Å². The number of benzene rings is 1. The van der Waals surface area contributed by atoms with Gasteiger partial charge in [0.1, 0.15) is 9.96 Å². The maximum atomic E-state index is 12.7. The molecule has 32 heavy (non-hydrogen) atoms. The van der Waals surface area contributed by atoms with Crippen LogP contribution >= 0.6 is 11.3 Å². The number of hydrogen-bond donors (Lipinski definition) is 1. The topological polar surface area (TPSA) is 84.9 Å². The molecule has 0 radical (unpaired) electrons. The van der Waals surface area contributed by atoms with E-state index in [-0.39, 0.29) is 11.3 Å². The van der Waals surface area contributed by atoms with Crippen LogP contribution in [0, 0.1) is 0 Å². The van der Waals surface area contributed by atoms with E-state index >= 15 is 0 Å². The fraction of sp³-hybridized carbons (Fsp3) is 0.522. The van der Waals surface area contributed by atoms with Crippen molar-refractivity contribution in [2.24, 2.45) is 0 Å². The van der Waals surface area contributed by atoms with Gasteiger partial charge in [-0.15, -0.1) is 11.3 Å². The Morgan fingerprint density at radius 3 is 2.47 bits per heavy atom. The molecule has 0 spiro atoms. The molecule has 176 valence electrons. The first-order valence-corrected chi connectivity index (χ1v) is 13.1. The van der Waals surface area contributed by atoms with Crippen molar-refractivity contribution in [1.29, 1.82) is 0 Å². The molecule has 1 N–H and O–H groups in total. The molecular formula is C23H32N2O5S2. The minimum Gasteiger partial charge on any atom is -0.494 e. The third kappa shape index (κ3) is 6.78. The predicted octanol–water partition coefficient (Wildman–Crippen LogP) is 3.54. The molecule has 0 aliphatic carbocycles. The molecule has 0 atom stereocenters. The number of nitrogens with zero attached hydrogens (tertiary/aromatic N) is 1. The van der Waals surface area contributed by atoms with E-state index in [0.717, 1.165) is 10.6 Å². The van der Waals surface area contributed by atoms with E-state index < -0.39 is 10.0 Å². The van der Waals surface area contributed by atoms with E-state index in [1.165, 1.54) is 21.2 Å². The molecule has 1 aromatic carbocycles. The van der Waals surface area contributed by atoms with Crippen molar-refractivity contribution in [3.63, 3.8) is 0 Å². The molecule has 9 heteroatoms. The van der Waals surface area contributed by atoms with Crippen LogP contribution in [0.15, 0.2) is 40.6 Å². The molecule has 0 bridgehead atoms. The summed E-state index contributed by atoms with van der Waals surface area (Å²) < 4.78 is 38.1. The Kier molecular flexibility index (Phi) is 8.32. The van der Waals surface area contributed by atoms with Crippen molar-refractivity contribution in [3.8, 4) is 5.75 Å². The van der Waals surface area contributed by atoms with E-state index in [0.29, 0.717) is 56.5 Å². The van der Waals surface area contributed by atoms with Crippen LogP contribution in [0.2, 0.25) is 0 Å². The number of carbonyl (C=O) groups is 1. The average Bonchev–Trinajstić information content (AvgIpc) is 3.26. The molecule has 1 aliphatic heterocycles. The fourth-order valence-electron chi connectivity index (χ4n) is 3.25. The van der Waals surface area contributed by atoms with Crippen LogP contribution in [-0.4, -0.2) is 51.5 Å². The minimum absolute atomic E-state index is 0.0809. The van der Waals surface area contributed by atoms with Gasteiger partial charge in [0.15, 0.2) is 0 Å². The van der Waals surface area contributed by atoms with Gasteiger partial charge >= 0.3 is 0 Å². The van der Waals surface area contributed by atoms with Crippen molar-refractivity contribution in [1.82, 2.24) is 9.62 Å². The number of ether oxygens (including phenoxy) is 2. The van der Waals surface area contributed by atoms with Crippen LogP contribution < -0.4 is 10.1 Å². The normalized spacial score (nSPS) is 15.5. The van der Waals surface area contributed by atoms with E-state index in [4.69, 9.17) is 9.47 Å². The Morgan fingerprint density at radius 2 is 1.81 bits per heavy atom. The highest BCUT2D eigenvalue weighted by atomic mass is 32.2. The smallest absolute Gasteiger partial charge is 0.252 e. The minimum atomic E-state index is -3.49. The summed E-state index contributed by atoms with van der Waals surface area (Å²) >= 11 is 1.19. The number of nitrogens with one attached hydrogen (secondary N) is 1. The largest absolute Gasteiger partial charge is 0.494 e. The van der Waals surface area contributed by atoms with Crippen LogP contribution in [0.4, 0.5) is 0 Å². The zero-order chi connectivity index (χ0) is 23.2. The van der Waals surface area contributed by atoms with E-state index in [1.54, 1.807) is 12.1 Å². The van der Waals surface area contributed by atoms with E-state index in [1.807, 2.05) is 12.1 Å². The van der Waals surface area contributed by atoms with Gasteiger partial charge < -0.3 is 14.8 Å². The first-order chi connectivity index (χ1) is 15.2. The molecule has 1 aromatic heterocycles. The molecule has 1 amide bonds. The SMILES string of the molecule is CC(C)(C)c1ccc(OCCCC(=O)NCc2ccc(S(=O)(=O)N3CCOCC3)s2)cc1. The molecule has 0 saturated carbocycles. The quantitative estimate of drug-likeness (QED) is 0.555. The van der Waals surface area contributed by atoms with Crippen LogP contribution in [-0.2, 0) is 31.5 Å². The number of amides is 1. The molecule has 1 fully saturated rings. The Labute approximate surface area is 194 Å². The first-order valence-electron chi connectivity index (χ1n) is 10.8. The molecule has 0 unspecified atom stereocenters. The number of carbonyl (C=O) groups excluding carboxylic acids is 1. The summed E-state index contributed by atoms with van der Waals surface area (Å²) in [7, 11) is -3.49. The van der Waals surface area contributed by atoms with Gasteiger partial charge in [0.25, 0.3) is 10.0 Å². The summed E-state index contributed by atoms with van der Waals surface area (Å²) in [5, 5.41) is 2.85. The van der Waals surface area contributed by atoms with Crippen LogP contribution in [0.25, 0.3) is 0 Å². The maximum Gasteiger partial charge on any atom is 0.252 e. The number of morpholine rings is 1. The predicted molar refractivity (Wildman–Crippen MR) is 126 cm³/mol. The lowest BCUT2D eigenvalue weighted by molar-refractivity contribution is -0.121. The van der Waals surface area contributed by atoms with Gasteiger partial charge in [0.2, 0.25) is 5.91 Å². The molecule has 1 saturated heterocycles. The van der Waals surface area contributed by atoms with E-state index in [2.05, 4.69) is 38.2 Å². The summed E-state index contributed by atoms with van der Waals surface area (Å²) in [6, 6.07) is 11.4. The zero-order valence-electron chi connectivity index (χ0n) is 18.9. The second kappa shape index (κ2) is 10.8. The Hall–Kier alpha value is -1.94. The van der Waals surface area contributed by atoms with Crippen molar-refractivity contribution in [3.05, 3.63) is 46.8 Å². The van der Waals surface area contributed by atoms with Gasteiger partial charge in [0, 0.05) is 24.4 Å². The lowest BCUT2D eigenvalue weighted by Crippen LogP contribution is -2.40. The monoisotopic (exact) mass is 480 g/mol. The van der Waals surface area contributed by atoms with Crippen molar-refractivity contribution in [2.45, 2.75) is 49.8 Å². The average molecular weight is 481 g/mol. The fourth-order valence-corrected chi connectivity index (χ4v) is 6.11. The van der Waals surface area contributed by atoms with Crippen LogP contribution in [0.1, 0.15) is 44.1 Å². The molecule has 3 rings (SSSR count). The maximum absolute atomic E-state index is 12.7. The Morgan fingerprint density at radius 1 is 1.12 bits per heavy atom. The van der Waals surface area contributed by atoms with Crippen LogP contribution in [0.5, 0.6) is 5.75 Å². The number of hydrogen-bond acceptors (Lipinski definition) is 6. The molecule has 2 aromatic rings. The van der Waals surface area contributed by atoms with Crippen molar-refractivity contribution in [2.75, 3.05) is 32.9 Å². The van der Waals surface area contributed by atoms with Crippen molar-refractivity contribution < 1.29 is 22.7 Å². The highest BCUT2D eigenvalue weighted by Gasteiger charge is 2.27. The van der Waals surface area contributed by atoms with Gasteiger partial charge in [-0.25, -0.2) is 8.42 Å². The number of thiophene rings is 1. The molecule has 1 aliphatic rings. The van der Waals surface area contributed by atoms with Gasteiger partial charge in [-0.2, -0.15) is 4.31 Å². The lowest BCUT2D eigenvalue weighted by atomic mass is 9.87. The summed E-state index contributed by atoms with van der Waals surface area (Å²) in [6.45, 7) is 8.86. The van der Waals surface area contributed by atoms with Gasteiger partial charge in [-0.3, -0.25) is 4.79 Å². The Balaban J connectivity index is 1.38. The number of rotatable bonds is 9. The second-order valence-electron chi connectivity index (χ2n) is 8.74. The zero-order valence-corrected chi connectivity index (χ0v) is 20.6. The first kappa shape index (κ1) is 24.7. The molecular weight excluding hydrogens is 448 g/mol. The highest BCUT2D eigenvalue weighted by molar-refractivity contribution is 7.91. The summed E-state index contributed by atoms with van der Waals surface area (Å²) in [6.07, 6.45) is 0.957. The second-order valence-corrected chi connectivity index (χ2v) is 12.1. The van der Waals surface area contributed by atoms with Gasteiger partial charge in [0.05, 0.1) is 26.4 Å². The summed E-state index contributed by atoms with van der Waals surface area (Å²) in [4.78, 5) is 12.9. The standard InChI is InChI=1S/C23H32N2O5S2/c1-23(2,3)18-6-8-19(9-7-18)30-14-4-5-21(26)24-17-20-10-11-22(31-20)32(27,28)25-12-15-29-16-13-25/h6-11H,4-5,12-17H2,1-3H3,(H,24,26).